The quantitative estimate of drug-likeness (QED) is 0.671. The Morgan fingerprint density at radius 2 is 2.42 bits per heavy atom. The molecule has 0 saturated carbocycles. The Morgan fingerprint density at radius 3 is 3.08 bits per heavy atom. The number of rotatable bonds is 2. The van der Waals surface area contributed by atoms with Gasteiger partial charge < -0.3 is 5.32 Å². The van der Waals surface area contributed by atoms with Gasteiger partial charge in [-0.3, -0.25) is 0 Å². The van der Waals surface area contributed by atoms with Gasteiger partial charge in [-0.1, -0.05) is 18.2 Å². The lowest BCUT2D eigenvalue weighted by atomic mass is 10.2. The van der Waals surface area contributed by atoms with Gasteiger partial charge in [-0.15, -0.1) is 0 Å². The molecule has 2 rings (SSSR count). The Bertz CT molecular complexity index is 266. The van der Waals surface area contributed by atoms with Gasteiger partial charge in [-0.2, -0.15) is 0 Å². The molecule has 0 amide bonds. The van der Waals surface area contributed by atoms with Gasteiger partial charge in [-0.25, -0.2) is 4.98 Å². The van der Waals surface area contributed by atoms with E-state index in [1.807, 2.05) is 18.2 Å². The lowest BCUT2D eigenvalue weighted by Gasteiger charge is -2.10. The maximum atomic E-state index is 4.20. The first-order valence-electron chi connectivity index (χ1n) is 4.29. The van der Waals surface area contributed by atoms with Crippen LogP contribution in [0.25, 0.3) is 0 Å². The molecule has 0 spiro atoms. The summed E-state index contributed by atoms with van der Waals surface area (Å²) < 4.78 is 0. The van der Waals surface area contributed by atoms with Crippen LogP contribution in [-0.2, 0) is 0 Å². The third-order valence-corrected chi connectivity index (χ3v) is 2.01. The number of hydrogen-bond donors (Lipinski definition) is 1. The average Bonchev–Trinajstić information content (AvgIpc) is 2.59. The molecule has 0 fully saturated rings. The second kappa shape index (κ2) is 3.39. The Balaban J connectivity index is 1.99. The van der Waals surface area contributed by atoms with Crippen molar-refractivity contribution in [1.29, 1.82) is 0 Å². The Hall–Kier alpha value is -1.31. The largest absolute Gasteiger partial charge is 0.364 e. The van der Waals surface area contributed by atoms with Crippen molar-refractivity contribution in [2.45, 2.75) is 18.9 Å². The minimum atomic E-state index is 0.486. The summed E-state index contributed by atoms with van der Waals surface area (Å²) in [5, 5.41) is 3.34. The highest BCUT2D eigenvalue weighted by molar-refractivity contribution is 5.36. The van der Waals surface area contributed by atoms with E-state index in [4.69, 9.17) is 0 Å². The van der Waals surface area contributed by atoms with Crippen LogP contribution in [-0.4, -0.2) is 11.0 Å². The van der Waals surface area contributed by atoms with Crippen molar-refractivity contribution in [2.75, 3.05) is 5.32 Å². The Morgan fingerprint density at radius 1 is 1.42 bits per heavy atom. The van der Waals surface area contributed by atoms with Crippen molar-refractivity contribution >= 4 is 5.82 Å². The molecular weight excluding hydrogens is 148 g/mol. The SMILES string of the molecule is C1=C[C@H](Nc2ccccn2)CC1. The van der Waals surface area contributed by atoms with Crippen LogP contribution in [0.4, 0.5) is 5.82 Å². The fourth-order valence-electron chi connectivity index (χ4n) is 1.39. The summed E-state index contributed by atoms with van der Waals surface area (Å²) in [6, 6.07) is 6.40. The predicted octanol–water partition coefficient (Wildman–Crippen LogP) is 2.21. The second-order valence-electron chi connectivity index (χ2n) is 2.97. The average molecular weight is 160 g/mol. The summed E-state index contributed by atoms with van der Waals surface area (Å²) in [4.78, 5) is 4.20. The molecule has 62 valence electrons. The van der Waals surface area contributed by atoms with Crippen molar-refractivity contribution < 1.29 is 0 Å². The van der Waals surface area contributed by atoms with Crippen LogP contribution in [0.15, 0.2) is 36.5 Å². The fraction of sp³-hybridized carbons (Fsp3) is 0.300. The van der Waals surface area contributed by atoms with Crippen LogP contribution in [0.5, 0.6) is 0 Å². The highest BCUT2D eigenvalue weighted by atomic mass is 15.0. The first-order valence-corrected chi connectivity index (χ1v) is 4.29. The van der Waals surface area contributed by atoms with Crippen molar-refractivity contribution in [3.8, 4) is 0 Å². The van der Waals surface area contributed by atoms with E-state index < -0.39 is 0 Å². The van der Waals surface area contributed by atoms with E-state index in [1.165, 1.54) is 12.8 Å². The summed E-state index contributed by atoms with van der Waals surface area (Å²) in [5.74, 6) is 0.967. The third-order valence-electron chi connectivity index (χ3n) is 2.01. The smallest absolute Gasteiger partial charge is 0.126 e. The molecule has 0 aliphatic heterocycles. The van der Waals surface area contributed by atoms with Gasteiger partial charge in [0.1, 0.15) is 5.82 Å². The van der Waals surface area contributed by atoms with E-state index in [2.05, 4.69) is 22.5 Å². The second-order valence-corrected chi connectivity index (χ2v) is 2.97. The van der Waals surface area contributed by atoms with Gasteiger partial charge >= 0.3 is 0 Å². The molecule has 1 aromatic rings. The molecule has 0 aromatic carbocycles. The van der Waals surface area contributed by atoms with Gasteiger partial charge in [0.15, 0.2) is 0 Å². The molecule has 2 heteroatoms. The first-order chi connectivity index (χ1) is 5.95. The van der Waals surface area contributed by atoms with Crippen LogP contribution in [0.3, 0.4) is 0 Å². The van der Waals surface area contributed by atoms with E-state index in [0.717, 1.165) is 5.82 Å². The summed E-state index contributed by atoms with van der Waals surface area (Å²) in [6.07, 6.45) is 8.59. The minimum absolute atomic E-state index is 0.486. The molecule has 0 bridgehead atoms. The predicted molar refractivity (Wildman–Crippen MR) is 50.0 cm³/mol. The normalized spacial score (nSPS) is 21.2. The minimum Gasteiger partial charge on any atom is -0.364 e. The fourth-order valence-corrected chi connectivity index (χ4v) is 1.39. The van der Waals surface area contributed by atoms with Gasteiger partial charge in [0, 0.05) is 12.2 Å². The summed E-state index contributed by atoms with van der Waals surface area (Å²) in [7, 11) is 0. The summed E-state index contributed by atoms with van der Waals surface area (Å²) >= 11 is 0. The van der Waals surface area contributed by atoms with E-state index in [1.54, 1.807) is 6.20 Å². The standard InChI is InChI=1S/C10H12N2/c1-2-6-9(5-1)12-10-7-3-4-8-11-10/h1,3-5,7-9H,2,6H2,(H,11,12)/t9-/m0/s1. The number of anilines is 1. The molecule has 0 unspecified atom stereocenters. The molecule has 1 N–H and O–H groups in total. The number of hydrogen-bond acceptors (Lipinski definition) is 2. The Labute approximate surface area is 72.3 Å². The molecule has 12 heavy (non-hydrogen) atoms. The molecule has 1 aromatic heterocycles. The Kier molecular flexibility index (Phi) is 2.08. The van der Waals surface area contributed by atoms with E-state index in [-0.39, 0.29) is 0 Å². The number of aromatic nitrogens is 1. The van der Waals surface area contributed by atoms with Crippen molar-refractivity contribution in [2.24, 2.45) is 0 Å². The van der Waals surface area contributed by atoms with Gasteiger partial charge in [0.2, 0.25) is 0 Å². The lowest BCUT2D eigenvalue weighted by Crippen LogP contribution is -2.13. The summed E-state index contributed by atoms with van der Waals surface area (Å²) in [5.41, 5.74) is 0. The van der Waals surface area contributed by atoms with E-state index in [9.17, 15) is 0 Å². The highest BCUT2D eigenvalue weighted by Crippen LogP contribution is 2.13. The molecule has 1 aliphatic carbocycles. The summed E-state index contributed by atoms with van der Waals surface area (Å²) in [6.45, 7) is 0. The maximum absolute atomic E-state index is 4.20. The van der Waals surface area contributed by atoms with Crippen LogP contribution in [0.1, 0.15) is 12.8 Å². The molecule has 0 saturated heterocycles. The number of pyridine rings is 1. The van der Waals surface area contributed by atoms with Crippen LogP contribution in [0, 0.1) is 0 Å². The number of nitrogens with one attached hydrogen (secondary N) is 1. The molecule has 1 atom stereocenters. The van der Waals surface area contributed by atoms with Crippen LogP contribution >= 0.6 is 0 Å². The zero-order chi connectivity index (χ0) is 8.23. The van der Waals surface area contributed by atoms with Crippen molar-refractivity contribution in [3.63, 3.8) is 0 Å². The molecular formula is C10H12N2. The number of nitrogens with zero attached hydrogens (tertiary/aromatic N) is 1. The molecule has 1 aliphatic rings. The lowest BCUT2D eigenvalue weighted by molar-refractivity contribution is 0.820. The van der Waals surface area contributed by atoms with E-state index in [0.29, 0.717) is 6.04 Å². The zero-order valence-electron chi connectivity index (χ0n) is 6.90. The van der Waals surface area contributed by atoms with Crippen molar-refractivity contribution in [3.05, 3.63) is 36.5 Å². The number of allylic oxidation sites excluding steroid dienone is 1. The monoisotopic (exact) mass is 160 g/mol. The van der Waals surface area contributed by atoms with Crippen LogP contribution < -0.4 is 5.32 Å². The molecule has 1 heterocycles. The molecule has 2 nitrogen and oxygen atoms in total. The topological polar surface area (TPSA) is 24.9 Å². The van der Waals surface area contributed by atoms with E-state index >= 15 is 0 Å². The van der Waals surface area contributed by atoms with Crippen molar-refractivity contribution in [1.82, 2.24) is 4.98 Å². The molecule has 0 radical (unpaired) electrons. The van der Waals surface area contributed by atoms with Gasteiger partial charge in [-0.05, 0) is 25.0 Å². The van der Waals surface area contributed by atoms with Crippen LogP contribution in [0.2, 0.25) is 0 Å². The third kappa shape index (κ3) is 1.64. The zero-order valence-corrected chi connectivity index (χ0v) is 6.90. The van der Waals surface area contributed by atoms with Gasteiger partial charge in [0.25, 0.3) is 0 Å². The highest BCUT2D eigenvalue weighted by Gasteiger charge is 2.07. The van der Waals surface area contributed by atoms with Gasteiger partial charge in [0.05, 0.1) is 0 Å². The maximum Gasteiger partial charge on any atom is 0.126 e. The first kappa shape index (κ1) is 7.35.